The Kier molecular flexibility index (Phi) is 5.45. The van der Waals surface area contributed by atoms with Crippen LogP contribution in [0.4, 0.5) is 0 Å². The van der Waals surface area contributed by atoms with Crippen molar-refractivity contribution in [2.24, 2.45) is 5.92 Å². The van der Waals surface area contributed by atoms with Crippen molar-refractivity contribution in [1.29, 1.82) is 0 Å². The predicted molar refractivity (Wildman–Crippen MR) is 72.6 cm³/mol. The number of hydrogen-bond acceptors (Lipinski definition) is 4. The molecular formula is C13H15NO5S. The monoisotopic (exact) mass is 297 g/mol. The molecule has 0 saturated heterocycles. The lowest BCUT2D eigenvalue weighted by atomic mass is 10.2. The van der Waals surface area contributed by atoms with Crippen molar-refractivity contribution < 1.29 is 23.1 Å². The molecule has 1 aromatic rings. The highest BCUT2D eigenvalue weighted by Gasteiger charge is 2.12. The Balaban J connectivity index is 2.64. The summed E-state index contributed by atoms with van der Waals surface area (Å²) < 4.78 is 23.6. The zero-order valence-electron chi connectivity index (χ0n) is 10.8. The van der Waals surface area contributed by atoms with E-state index in [0.29, 0.717) is 0 Å². The van der Waals surface area contributed by atoms with Crippen LogP contribution in [0.3, 0.4) is 0 Å². The van der Waals surface area contributed by atoms with Crippen LogP contribution in [0.5, 0.6) is 0 Å². The minimum absolute atomic E-state index is 0.0656. The summed E-state index contributed by atoms with van der Waals surface area (Å²) in [6, 6.07) is 7.68. The molecule has 1 rings (SSSR count). The first-order valence-electron chi connectivity index (χ1n) is 5.82. The van der Waals surface area contributed by atoms with Gasteiger partial charge in [0.25, 0.3) is 0 Å². The molecule has 108 valence electrons. The minimum atomic E-state index is -3.67. The molecule has 1 amide bonds. The van der Waals surface area contributed by atoms with E-state index in [-0.39, 0.29) is 11.4 Å². The van der Waals surface area contributed by atoms with Crippen LogP contribution in [-0.2, 0) is 19.4 Å². The summed E-state index contributed by atoms with van der Waals surface area (Å²) in [5.41, 5.74) is 0. The van der Waals surface area contributed by atoms with E-state index in [1.165, 1.54) is 19.1 Å². The molecule has 0 aliphatic rings. The maximum atomic E-state index is 11.8. The summed E-state index contributed by atoms with van der Waals surface area (Å²) in [6.07, 6.45) is 0.872. The lowest BCUT2D eigenvalue weighted by molar-refractivity contribution is -0.141. The second-order valence-corrected chi connectivity index (χ2v) is 5.98. The van der Waals surface area contributed by atoms with Gasteiger partial charge in [0, 0.05) is 18.0 Å². The average Bonchev–Trinajstić information content (AvgIpc) is 2.43. The first-order valence-corrected chi connectivity index (χ1v) is 7.36. The summed E-state index contributed by atoms with van der Waals surface area (Å²) in [5.74, 6) is -2.43. The van der Waals surface area contributed by atoms with Crippen molar-refractivity contribution in [1.82, 2.24) is 5.32 Å². The molecule has 1 atom stereocenters. The number of carbonyl (C=O) groups excluding carboxylic acids is 1. The number of rotatable bonds is 6. The molecule has 1 aromatic carbocycles. The molecule has 1 unspecified atom stereocenters. The molecular weight excluding hydrogens is 282 g/mol. The fourth-order valence-electron chi connectivity index (χ4n) is 1.24. The van der Waals surface area contributed by atoms with Crippen LogP contribution >= 0.6 is 0 Å². The van der Waals surface area contributed by atoms with E-state index >= 15 is 0 Å². The van der Waals surface area contributed by atoms with Crippen LogP contribution in [-0.4, -0.2) is 31.9 Å². The van der Waals surface area contributed by atoms with E-state index in [2.05, 4.69) is 5.32 Å². The smallest absolute Gasteiger partial charge is 0.308 e. The van der Waals surface area contributed by atoms with Gasteiger partial charge in [-0.25, -0.2) is 8.42 Å². The standard InChI is InChI=1S/C13H15NO5S/c1-10(13(16)17)9-14-12(15)7-8-20(18,19)11-5-3-2-4-6-11/h2-8,10H,9H2,1H3,(H,14,15)(H,16,17). The number of aliphatic carboxylic acids is 1. The number of carboxylic acids is 1. The van der Waals surface area contributed by atoms with Crippen LogP contribution in [0.25, 0.3) is 0 Å². The Morgan fingerprint density at radius 2 is 1.90 bits per heavy atom. The van der Waals surface area contributed by atoms with Gasteiger partial charge in [0.2, 0.25) is 5.91 Å². The molecule has 0 fully saturated rings. The van der Waals surface area contributed by atoms with Crippen LogP contribution < -0.4 is 5.32 Å². The van der Waals surface area contributed by atoms with Gasteiger partial charge in [0.05, 0.1) is 10.8 Å². The second-order valence-electron chi connectivity index (χ2n) is 4.15. The lowest BCUT2D eigenvalue weighted by Gasteiger charge is -2.05. The number of amides is 1. The molecule has 20 heavy (non-hydrogen) atoms. The third-order valence-electron chi connectivity index (χ3n) is 2.47. The van der Waals surface area contributed by atoms with E-state index in [4.69, 9.17) is 5.11 Å². The van der Waals surface area contributed by atoms with Crippen LogP contribution in [0.2, 0.25) is 0 Å². The van der Waals surface area contributed by atoms with Gasteiger partial charge < -0.3 is 10.4 Å². The second kappa shape index (κ2) is 6.85. The average molecular weight is 297 g/mol. The molecule has 0 aliphatic carbocycles. The summed E-state index contributed by atoms with van der Waals surface area (Å²) in [7, 11) is -3.67. The fraction of sp³-hybridized carbons (Fsp3) is 0.231. The van der Waals surface area contributed by atoms with Crippen molar-refractivity contribution in [2.75, 3.05) is 6.54 Å². The topological polar surface area (TPSA) is 101 Å². The van der Waals surface area contributed by atoms with Crippen LogP contribution in [0.1, 0.15) is 6.92 Å². The Bertz CT molecular complexity index is 607. The number of nitrogens with one attached hydrogen (secondary N) is 1. The van der Waals surface area contributed by atoms with E-state index in [1.807, 2.05) is 0 Å². The largest absolute Gasteiger partial charge is 0.481 e. The highest BCUT2D eigenvalue weighted by molar-refractivity contribution is 7.94. The molecule has 0 saturated carbocycles. The van der Waals surface area contributed by atoms with Gasteiger partial charge in [-0.3, -0.25) is 9.59 Å². The zero-order valence-corrected chi connectivity index (χ0v) is 11.6. The Hall–Kier alpha value is -2.15. The molecule has 6 nitrogen and oxygen atoms in total. The first kappa shape index (κ1) is 15.9. The van der Waals surface area contributed by atoms with E-state index in [9.17, 15) is 18.0 Å². The molecule has 0 spiro atoms. The van der Waals surface area contributed by atoms with E-state index in [0.717, 1.165) is 11.5 Å². The van der Waals surface area contributed by atoms with Crippen molar-refractivity contribution >= 4 is 21.7 Å². The summed E-state index contributed by atoms with van der Waals surface area (Å²) in [4.78, 5) is 22.0. The quantitative estimate of drug-likeness (QED) is 0.757. The van der Waals surface area contributed by atoms with Crippen LogP contribution in [0.15, 0.2) is 46.7 Å². The lowest BCUT2D eigenvalue weighted by Crippen LogP contribution is -2.30. The number of benzene rings is 1. The fourth-order valence-corrected chi connectivity index (χ4v) is 2.24. The minimum Gasteiger partial charge on any atom is -0.481 e. The summed E-state index contributed by atoms with van der Waals surface area (Å²) in [6.45, 7) is 1.37. The highest BCUT2D eigenvalue weighted by Crippen LogP contribution is 2.10. The number of carboxylic acid groups (broad SMARTS) is 1. The van der Waals surface area contributed by atoms with Gasteiger partial charge in [0.15, 0.2) is 9.84 Å². The number of sulfone groups is 1. The van der Waals surface area contributed by atoms with Gasteiger partial charge in [-0.2, -0.15) is 0 Å². The molecule has 0 heterocycles. The zero-order chi connectivity index (χ0) is 15.2. The third-order valence-corrected chi connectivity index (χ3v) is 3.90. The Morgan fingerprint density at radius 1 is 1.30 bits per heavy atom. The molecule has 0 bridgehead atoms. The van der Waals surface area contributed by atoms with E-state index < -0.39 is 27.6 Å². The van der Waals surface area contributed by atoms with Gasteiger partial charge in [0.1, 0.15) is 0 Å². The van der Waals surface area contributed by atoms with E-state index in [1.54, 1.807) is 18.2 Å². The maximum absolute atomic E-state index is 11.8. The number of hydrogen-bond donors (Lipinski definition) is 2. The third kappa shape index (κ3) is 4.85. The van der Waals surface area contributed by atoms with Gasteiger partial charge in [-0.15, -0.1) is 0 Å². The van der Waals surface area contributed by atoms with Crippen molar-refractivity contribution in [2.45, 2.75) is 11.8 Å². The molecule has 7 heteroatoms. The molecule has 0 aromatic heterocycles. The number of carbonyl (C=O) groups is 2. The van der Waals surface area contributed by atoms with Gasteiger partial charge in [-0.05, 0) is 12.1 Å². The summed E-state index contributed by atoms with van der Waals surface area (Å²) >= 11 is 0. The normalized spacial score (nSPS) is 13.1. The van der Waals surface area contributed by atoms with Crippen molar-refractivity contribution in [3.8, 4) is 0 Å². The van der Waals surface area contributed by atoms with Gasteiger partial charge in [-0.1, -0.05) is 25.1 Å². The summed E-state index contributed by atoms with van der Waals surface area (Å²) in [5, 5.41) is 11.7. The maximum Gasteiger partial charge on any atom is 0.308 e. The highest BCUT2D eigenvalue weighted by atomic mass is 32.2. The molecule has 0 radical (unpaired) electrons. The Labute approximate surface area is 117 Å². The predicted octanol–water partition coefficient (Wildman–Crippen LogP) is 0.811. The van der Waals surface area contributed by atoms with Crippen LogP contribution in [0, 0.1) is 5.92 Å². The van der Waals surface area contributed by atoms with Crippen molar-refractivity contribution in [3.63, 3.8) is 0 Å². The SMILES string of the molecule is CC(CNC(=O)C=CS(=O)(=O)c1ccccc1)C(=O)O. The molecule has 2 N–H and O–H groups in total. The molecule has 0 aliphatic heterocycles. The first-order chi connectivity index (χ1) is 9.33. The van der Waals surface area contributed by atoms with Crippen molar-refractivity contribution in [3.05, 3.63) is 41.8 Å². The Morgan fingerprint density at radius 3 is 2.45 bits per heavy atom. The van der Waals surface area contributed by atoms with Gasteiger partial charge >= 0.3 is 5.97 Å².